The van der Waals surface area contributed by atoms with Crippen LogP contribution in [0.25, 0.3) is 0 Å². The first-order valence-corrected chi connectivity index (χ1v) is 25.0. The Labute approximate surface area is 451 Å². The minimum Gasteiger partial charge on any atom is -0.481 e. The molecular formula is C48H79N13O17. The Balaban J connectivity index is 0.0000143. The Morgan fingerprint density at radius 3 is 1.41 bits per heavy atom. The number of aliphatic hydroxyl groups excluding tert-OH is 2. The van der Waals surface area contributed by atoms with Gasteiger partial charge in [0.1, 0.15) is 54.4 Å². The number of hydrogen-bond acceptors (Lipinski definition) is 17. The third-order valence-electron chi connectivity index (χ3n) is 11.0. The second kappa shape index (κ2) is 37.8. The summed E-state index contributed by atoms with van der Waals surface area (Å²) in [5.41, 5.74) is 16.9. The van der Waals surface area contributed by atoms with Gasteiger partial charge in [-0.1, -0.05) is 30.3 Å². The van der Waals surface area contributed by atoms with E-state index in [4.69, 9.17) is 27.1 Å². The average molecular weight is 1110 g/mol. The molecule has 0 fully saturated rings. The minimum absolute atomic E-state index is 0.0927. The van der Waals surface area contributed by atoms with E-state index in [0.29, 0.717) is 31.4 Å². The van der Waals surface area contributed by atoms with E-state index in [1.54, 1.807) is 30.3 Å². The smallest absolute Gasteiger partial charge is 0.326 e. The van der Waals surface area contributed by atoms with Gasteiger partial charge in [-0.3, -0.25) is 57.5 Å². The summed E-state index contributed by atoms with van der Waals surface area (Å²) in [5.74, 6) is -12.0. The van der Waals surface area contributed by atoms with Crippen molar-refractivity contribution in [1.29, 1.82) is 0 Å². The summed E-state index contributed by atoms with van der Waals surface area (Å²) in [6, 6.07) is -4.92. The number of primary amides is 1. The lowest BCUT2D eigenvalue weighted by Gasteiger charge is -2.28. The number of rotatable bonds is 35. The van der Waals surface area contributed by atoms with Crippen molar-refractivity contribution < 1.29 is 82.8 Å². The third-order valence-corrected chi connectivity index (χ3v) is 11.0. The van der Waals surface area contributed by atoms with Crippen LogP contribution >= 0.6 is 0 Å². The molecule has 20 N–H and O–H groups in total. The van der Waals surface area contributed by atoms with Gasteiger partial charge in [0.05, 0.1) is 19.3 Å². The fourth-order valence-electron chi connectivity index (χ4n) is 6.73. The van der Waals surface area contributed by atoms with Crippen molar-refractivity contribution >= 4 is 76.9 Å². The molecule has 0 aliphatic carbocycles. The van der Waals surface area contributed by atoms with Gasteiger partial charge in [0.2, 0.25) is 65.0 Å². The Morgan fingerprint density at radius 1 is 0.513 bits per heavy atom. The van der Waals surface area contributed by atoms with Gasteiger partial charge >= 0.3 is 5.97 Å². The van der Waals surface area contributed by atoms with Crippen LogP contribution in [-0.2, 0) is 68.7 Å². The molecule has 0 aliphatic rings. The number of amides is 11. The van der Waals surface area contributed by atoms with E-state index in [1.807, 2.05) is 0 Å². The highest BCUT2D eigenvalue weighted by Gasteiger charge is 2.35. The highest BCUT2D eigenvalue weighted by Crippen LogP contribution is 2.09. The number of carboxylic acids is 2. The summed E-state index contributed by atoms with van der Waals surface area (Å²) < 4.78 is 0. The van der Waals surface area contributed by atoms with Crippen LogP contribution in [0.15, 0.2) is 30.3 Å². The van der Waals surface area contributed by atoms with E-state index in [-0.39, 0.29) is 38.6 Å². The van der Waals surface area contributed by atoms with Gasteiger partial charge < -0.3 is 90.8 Å². The molecule has 78 heavy (non-hydrogen) atoms. The maximum Gasteiger partial charge on any atom is 0.326 e. The molecule has 0 aromatic heterocycles. The molecule has 0 saturated carbocycles. The van der Waals surface area contributed by atoms with Crippen LogP contribution in [0, 0.1) is 0 Å². The van der Waals surface area contributed by atoms with Crippen LogP contribution in [0.1, 0.15) is 98.5 Å². The van der Waals surface area contributed by atoms with E-state index in [1.165, 1.54) is 27.7 Å². The van der Waals surface area contributed by atoms with Crippen molar-refractivity contribution in [3.63, 3.8) is 0 Å². The summed E-state index contributed by atoms with van der Waals surface area (Å²) in [7, 11) is 0. The van der Waals surface area contributed by atoms with Crippen LogP contribution in [0.2, 0.25) is 0 Å². The Kier molecular flexibility index (Phi) is 34.0. The van der Waals surface area contributed by atoms with Crippen molar-refractivity contribution in [3.05, 3.63) is 35.9 Å². The van der Waals surface area contributed by atoms with Gasteiger partial charge in [0.15, 0.2) is 0 Å². The van der Waals surface area contributed by atoms with E-state index in [9.17, 15) is 72.9 Å². The van der Waals surface area contributed by atoms with Crippen molar-refractivity contribution in [1.82, 2.24) is 53.2 Å². The zero-order valence-corrected chi connectivity index (χ0v) is 44.7. The number of aliphatic hydroxyl groups is 2. The largest absolute Gasteiger partial charge is 0.481 e. The number of hydrogen-bond donors (Lipinski definition) is 17. The molecular weight excluding hydrogens is 1030 g/mol. The number of benzene rings is 1. The van der Waals surface area contributed by atoms with Crippen molar-refractivity contribution in [3.8, 4) is 0 Å². The normalized spacial score (nSPS) is 14.5. The van der Waals surface area contributed by atoms with Gasteiger partial charge in [-0.25, -0.2) is 4.79 Å². The molecule has 0 bridgehead atoms. The molecule has 0 radical (unpaired) electrons. The minimum atomic E-state index is -1.78. The first-order valence-electron chi connectivity index (χ1n) is 25.0. The van der Waals surface area contributed by atoms with Crippen molar-refractivity contribution in [2.75, 3.05) is 26.2 Å². The molecule has 1 rings (SSSR count). The standard InChI is InChI=1S/C46H75N13O15.C2H4O2/c1-24(51-36(64)22-50-28(5)62)39(66)54-31(17-18-35(49)63)41(68)57-33(21-29-13-7-6-8-14-29)43(70)58-34(23-60)44(71)55-30(15-9-11-19-47)42(69)59-37(27(4)61)45(72)53-25(2)38(65)52-26(3)40(67)56-32(46(73)74)16-10-12-20-48;1-2(3)4/h6-8,13-14,24-27,30-34,37,60-61H,9-12,15-23,47-48H2,1-5H3,(H2,49,63)(H,50,62)(H,51,64)(H,52,65)(H,53,72)(H,54,66)(H,55,71)(H,56,67)(H,57,68)(H,58,70)(H,59,69)(H,73,74);1H3,(H,3,4). The quantitative estimate of drug-likeness (QED) is 0.0281. The van der Waals surface area contributed by atoms with Crippen molar-refractivity contribution in [2.45, 2.75) is 160 Å². The van der Waals surface area contributed by atoms with E-state index in [2.05, 4.69) is 53.2 Å². The number of nitrogens with two attached hydrogens (primary N) is 3. The second-order valence-corrected chi connectivity index (χ2v) is 18.0. The molecule has 10 unspecified atom stereocenters. The molecule has 11 amide bonds. The topological polar surface area (TPSA) is 501 Å². The fraction of sp³-hybridized carbons (Fsp3) is 0.604. The summed E-state index contributed by atoms with van der Waals surface area (Å²) in [6.07, 6.45) is -1.03. The van der Waals surface area contributed by atoms with Gasteiger partial charge in [0.25, 0.3) is 5.97 Å². The summed E-state index contributed by atoms with van der Waals surface area (Å²) in [5, 5.41) is 61.5. The molecule has 1 aromatic rings. The lowest BCUT2D eigenvalue weighted by Crippen LogP contribution is -2.62. The van der Waals surface area contributed by atoms with Gasteiger partial charge in [-0.05, 0) is 91.3 Å². The molecule has 0 heterocycles. The molecule has 0 aliphatic heterocycles. The Bertz CT molecular complexity index is 2180. The summed E-state index contributed by atoms with van der Waals surface area (Å²) >= 11 is 0. The predicted molar refractivity (Wildman–Crippen MR) is 277 cm³/mol. The highest BCUT2D eigenvalue weighted by molar-refractivity contribution is 5.98. The summed E-state index contributed by atoms with van der Waals surface area (Å²) in [4.78, 5) is 163. The number of carbonyl (C=O) groups excluding carboxylic acids is 11. The zero-order chi connectivity index (χ0) is 59.7. The van der Waals surface area contributed by atoms with E-state index >= 15 is 0 Å². The van der Waals surface area contributed by atoms with Gasteiger partial charge in [-0.15, -0.1) is 0 Å². The van der Waals surface area contributed by atoms with Crippen LogP contribution < -0.4 is 70.4 Å². The molecule has 10 atom stereocenters. The average Bonchev–Trinajstić information content (AvgIpc) is 3.36. The molecule has 0 spiro atoms. The predicted octanol–water partition coefficient (Wildman–Crippen LogP) is -6.14. The monoisotopic (exact) mass is 1110 g/mol. The van der Waals surface area contributed by atoms with Gasteiger partial charge in [-0.2, -0.15) is 0 Å². The number of nitrogens with one attached hydrogen (secondary N) is 10. The number of carboxylic acid groups (broad SMARTS) is 2. The number of unbranched alkanes of at least 4 members (excludes halogenated alkanes) is 2. The first-order chi connectivity index (χ1) is 36.6. The molecule has 0 saturated heterocycles. The Morgan fingerprint density at radius 2 is 0.923 bits per heavy atom. The van der Waals surface area contributed by atoms with Gasteiger partial charge in [0, 0.05) is 26.7 Å². The Hall–Kier alpha value is -7.83. The lowest BCUT2D eigenvalue weighted by molar-refractivity contribution is -0.142. The van der Waals surface area contributed by atoms with Crippen LogP contribution in [0.5, 0.6) is 0 Å². The zero-order valence-electron chi connectivity index (χ0n) is 44.7. The van der Waals surface area contributed by atoms with Crippen LogP contribution in [-0.4, -0.2) is 184 Å². The molecule has 30 nitrogen and oxygen atoms in total. The molecule has 1 aromatic carbocycles. The van der Waals surface area contributed by atoms with E-state index in [0.717, 1.165) is 13.8 Å². The SMILES string of the molecule is CC(=O)NCC(=O)NC(C)C(=O)NC(CCC(N)=O)C(=O)NC(Cc1ccccc1)C(=O)NC(CO)C(=O)NC(CCCCN)C(=O)NC(C(=O)NC(C)C(=O)NC(C)C(=O)NC(CCCCN)C(=O)O)C(C)O.CC(=O)O. The third kappa shape index (κ3) is 29.5. The fourth-order valence-corrected chi connectivity index (χ4v) is 6.73. The van der Waals surface area contributed by atoms with Crippen molar-refractivity contribution in [2.24, 2.45) is 17.2 Å². The second-order valence-electron chi connectivity index (χ2n) is 18.0. The summed E-state index contributed by atoms with van der Waals surface area (Å²) in [6.45, 7) is 6.26. The highest BCUT2D eigenvalue weighted by atomic mass is 16.4. The molecule has 30 heteroatoms. The van der Waals surface area contributed by atoms with Crippen LogP contribution in [0.4, 0.5) is 0 Å². The van der Waals surface area contributed by atoms with E-state index < -0.39 is 157 Å². The maximum atomic E-state index is 14.0. The lowest BCUT2D eigenvalue weighted by atomic mass is 10.0. The first kappa shape index (κ1) is 70.2. The number of carbonyl (C=O) groups is 13. The maximum absolute atomic E-state index is 14.0. The van der Waals surface area contributed by atoms with Crippen LogP contribution in [0.3, 0.4) is 0 Å². The molecule has 438 valence electrons. The number of aliphatic carboxylic acids is 2.